The average Bonchev–Trinajstić information content (AvgIpc) is 2.37. The Labute approximate surface area is 130 Å². The topological polar surface area (TPSA) is 101 Å². The smallest absolute Gasteiger partial charge is 0.289 e. The van der Waals surface area contributed by atoms with E-state index in [0.29, 0.717) is 24.1 Å². The lowest BCUT2D eigenvalue weighted by Crippen LogP contribution is -2.27. The fourth-order valence-corrected chi connectivity index (χ4v) is 2.99. The highest BCUT2D eigenvalue weighted by Gasteiger charge is 2.26. The highest BCUT2D eigenvalue weighted by atomic mass is 35.5. The number of hydrogen-bond acceptors (Lipinski definition) is 5. The Morgan fingerprint density at radius 3 is 2.29 bits per heavy atom. The largest absolute Gasteiger partial charge is 0.320 e. The molecule has 0 fully saturated rings. The van der Waals surface area contributed by atoms with Gasteiger partial charge in [-0.3, -0.25) is 10.1 Å². The molecule has 0 saturated heterocycles. The van der Waals surface area contributed by atoms with Gasteiger partial charge in [0.2, 0.25) is 10.0 Å². The molecule has 0 heterocycles. The van der Waals surface area contributed by atoms with E-state index in [2.05, 4.69) is 10.0 Å². The molecule has 0 bridgehead atoms. The summed E-state index contributed by atoms with van der Waals surface area (Å²) in [5.41, 5.74) is 0.992. The predicted octanol–water partition coefficient (Wildman–Crippen LogP) is 1.52. The Morgan fingerprint density at radius 2 is 1.76 bits per heavy atom. The zero-order valence-electron chi connectivity index (χ0n) is 12.2. The maximum atomic E-state index is 12.1. The van der Waals surface area contributed by atoms with E-state index in [1.54, 1.807) is 20.9 Å². The standard InChI is InChI=1S/C12H19N3O4S.ClH/c1-9-7-11(15(16)17)12(8-10(9)2)20(18,19)14-6-4-5-13-3;/h7-8,13-14H,4-6H2,1-3H3;1H. The van der Waals surface area contributed by atoms with Gasteiger partial charge in [-0.25, -0.2) is 13.1 Å². The molecule has 0 unspecified atom stereocenters. The van der Waals surface area contributed by atoms with Crippen molar-refractivity contribution in [3.05, 3.63) is 33.4 Å². The number of nitrogens with one attached hydrogen (secondary N) is 2. The van der Waals surface area contributed by atoms with Crippen LogP contribution in [0.2, 0.25) is 0 Å². The second-order valence-corrected chi connectivity index (χ2v) is 6.25. The van der Waals surface area contributed by atoms with Gasteiger partial charge in [-0.05, 0) is 51.1 Å². The molecule has 7 nitrogen and oxygen atoms in total. The van der Waals surface area contributed by atoms with E-state index in [-0.39, 0.29) is 23.8 Å². The first-order valence-electron chi connectivity index (χ1n) is 6.19. The Morgan fingerprint density at radius 1 is 1.19 bits per heavy atom. The summed E-state index contributed by atoms with van der Waals surface area (Å²) < 4.78 is 26.7. The zero-order valence-corrected chi connectivity index (χ0v) is 13.8. The van der Waals surface area contributed by atoms with Gasteiger partial charge in [0.1, 0.15) is 0 Å². The summed E-state index contributed by atoms with van der Waals surface area (Å²) in [7, 11) is -2.11. The molecule has 1 rings (SSSR count). The molecule has 0 aromatic heterocycles. The number of nitro benzene ring substituents is 1. The van der Waals surface area contributed by atoms with E-state index >= 15 is 0 Å². The van der Waals surface area contributed by atoms with Crippen LogP contribution in [0.25, 0.3) is 0 Å². The van der Waals surface area contributed by atoms with Crippen molar-refractivity contribution in [2.45, 2.75) is 25.2 Å². The fourth-order valence-electron chi connectivity index (χ4n) is 1.68. The lowest BCUT2D eigenvalue weighted by molar-refractivity contribution is -0.387. The molecular weight excluding hydrogens is 318 g/mol. The summed E-state index contributed by atoms with van der Waals surface area (Å²) in [6.07, 6.45) is 0.606. The van der Waals surface area contributed by atoms with Gasteiger partial charge >= 0.3 is 0 Å². The van der Waals surface area contributed by atoms with Crippen LogP contribution in [0, 0.1) is 24.0 Å². The van der Waals surface area contributed by atoms with Crippen LogP contribution in [0.4, 0.5) is 5.69 Å². The zero-order chi connectivity index (χ0) is 15.3. The second kappa shape index (κ2) is 8.28. The van der Waals surface area contributed by atoms with Crippen LogP contribution in [0.15, 0.2) is 17.0 Å². The van der Waals surface area contributed by atoms with Crippen LogP contribution in [-0.4, -0.2) is 33.5 Å². The Kier molecular flexibility index (Phi) is 7.80. The van der Waals surface area contributed by atoms with Gasteiger partial charge in [0.15, 0.2) is 4.90 Å². The first-order valence-corrected chi connectivity index (χ1v) is 7.68. The number of halogens is 1. The van der Waals surface area contributed by atoms with Crippen molar-refractivity contribution in [2.75, 3.05) is 20.1 Å². The van der Waals surface area contributed by atoms with Crippen molar-refractivity contribution in [1.29, 1.82) is 0 Å². The van der Waals surface area contributed by atoms with Gasteiger partial charge < -0.3 is 5.32 Å². The van der Waals surface area contributed by atoms with E-state index in [1.165, 1.54) is 12.1 Å². The molecule has 0 aliphatic rings. The quantitative estimate of drug-likeness (QED) is 0.446. The second-order valence-electron chi connectivity index (χ2n) is 4.52. The minimum Gasteiger partial charge on any atom is -0.320 e. The van der Waals surface area contributed by atoms with Crippen LogP contribution in [-0.2, 0) is 10.0 Å². The molecule has 0 spiro atoms. The van der Waals surface area contributed by atoms with Crippen LogP contribution < -0.4 is 10.0 Å². The van der Waals surface area contributed by atoms with Crippen LogP contribution in [0.3, 0.4) is 0 Å². The summed E-state index contributed by atoms with van der Waals surface area (Å²) in [6.45, 7) is 4.32. The Bertz CT molecular complexity index is 605. The minimum absolute atomic E-state index is 0. The number of benzene rings is 1. The molecule has 0 saturated carbocycles. The predicted molar refractivity (Wildman–Crippen MR) is 83.6 cm³/mol. The van der Waals surface area contributed by atoms with Gasteiger partial charge in [0.05, 0.1) is 4.92 Å². The molecular formula is C12H20ClN3O4S. The monoisotopic (exact) mass is 337 g/mol. The van der Waals surface area contributed by atoms with E-state index in [4.69, 9.17) is 0 Å². The van der Waals surface area contributed by atoms with Crippen molar-refractivity contribution >= 4 is 28.1 Å². The molecule has 0 atom stereocenters. The third kappa shape index (κ3) is 5.24. The van der Waals surface area contributed by atoms with Crippen molar-refractivity contribution in [3.63, 3.8) is 0 Å². The number of sulfonamides is 1. The maximum absolute atomic E-state index is 12.1. The van der Waals surface area contributed by atoms with E-state index < -0.39 is 20.6 Å². The van der Waals surface area contributed by atoms with Crippen LogP contribution >= 0.6 is 12.4 Å². The van der Waals surface area contributed by atoms with Gasteiger partial charge in [-0.1, -0.05) is 0 Å². The van der Waals surface area contributed by atoms with Crippen molar-refractivity contribution in [1.82, 2.24) is 10.0 Å². The molecule has 9 heteroatoms. The number of hydrogen-bond donors (Lipinski definition) is 2. The summed E-state index contributed by atoms with van der Waals surface area (Å²) in [5.74, 6) is 0. The lowest BCUT2D eigenvalue weighted by atomic mass is 10.1. The Balaban J connectivity index is 0.00000400. The molecule has 2 N–H and O–H groups in total. The van der Waals surface area contributed by atoms with E-state index in [9.17, 15) is 18.5 Å². The maximum Gasteiger partial charge on any atom is 0.289 e. The number of aryl methyl sites for hydroxylation is 2. The molecule has 21 heavy (non-hydrogen) atoms. The normalized spacial score (nSPS) is 11.0. The van der Waals surface area contributed by atoms with Gasteiger partial charge in [-0.15, -0.1) is 12.4 Å². The molecule has 0 aliphatic carbocycles. The number of nitro groups is 1. The molecule has 0 aliphatic heterocycles. The highest BCUT2D eigenvalue weighted by Crippen LogP contribution is 2.27. The first kappa shape index (κ1) is 19.8. The summed E-state index contributed by atoms with van der Waals surface area (Å²) in [6, 6.07) is 2.63. The molecule has 1 aromatic carbocycles. The van der Waals surface area contributed by atoms with Crippen LogP contribution in [0.5, 0.6) is 0 Å². The summed E-state index contributed by atoms with van der Waals surface area (Å²) >= 11 is 0. The van der Waals surface area contributed by atoms with Gasteiger partial charge in [-0.2, -0.15) is 0 Å². The fraction of sp³-hybridized carbons (Fsp3) is 0.500. The van der Waals surface area contributed by atoms with Crippen molar-refractivity contribution in [3.8, 4) is 0 Å². The molecule has 0 radical (unpaired) electrons. The molecule has 120 valence electrons. The van der Waals surface area contributed by atoms with Crippen molar-refractivity contribution in [2.24, 2.45) is 0 Å². The van der Waals surface area contributed by atoms with Gasteiger partial charge in [0.25, 0.3) is 5.69 Å². The number of rotatable bonds is 7. The Hall–Kier alpha value is -1.22. The number of nitrogens with zero attached hydrogens (tertiary/aromatic N) is 1. The average molecular weight is 338 g/mol. The molecule has 1 aromatic rings. The highest BCUT2D eigenvalue weighted by molar-refractivity contribution is 7.89. The summed E-state index contributed by atoms with van der Waals surface area (Å²) in [5, 5.41) is 13.9. The lowest BCUT2D eigenvalue weighted by Gasteiger charge is -2.09. The summed E-state index contributed by atoms with van der Waals surface area (Å²) in [4.78, 5) is 10.1. The SMILES string of the molecule is CNCCCNS(=O)(=O)c1cc(C)c(C)cc1[N+](=O)[O-].Cl. The van der Waals surface area contributed by atoms with Crippen LogP contribution in [0.1, 0.15) is 17.5 Å². The van der Waals surface area contributed by atoms with E-state index in [0.717, 1.165) is 0 Å². The third-order valence-corrected chi connectivity index (χ3v) is 4.45. The van der Waals surface area contributed by atoms with Crippen molar-refractivity contribution < 1.29 is 13.3 Å². The first-order chi connectivity index (χ1) is 9.29. The minimum atomic E-state index is -3.88. The molecule has 0 amide bonds. The van der Waals surface area contributed by atoms with E-state index in [1.807, 2.05) is 0 Å². The third-order valence-electron chi connectivity index (χ3n) is 2.96. The van der Waals surface area contributed by atoms with Gasteiger partial charge in [0, 0.05) is 12.6 Å².